The first-order valence-corrected chi connectivity index (χ1v) is 9.13. The summed E-state index contributed by atoms with van der Waals surface area (Å²) in [7, 11) is 0. The van der Waals surface area contributed by atoms with Crippen molar-refractivity contribution in [2.75, 3.05) is 0 Å². The normalized spacial score (nSPS) is 11.0. The fraction of sp³-hybridized carbons (Fsp3) is 0. The molecule has 0 spiro atoms. The minimum absolute atomic E-state index is 0.00677. The third-order valence-corrected chi connectivity index (χ3v) is 5.04. The van der Waals surface area contributed by atoms with Crippen molar-refractivity contribution >= 4 is 40.5 Å². The summed E-state index contributed by atoms with van der Waals surface area (Å²) in [5, 5.41) is 9.39. The highest BCUT2D eigenvalue weighted by molar-refractivity contribution is 6.40. The number of hydrogen-bond donors (Lipinski definition) is 1. The quantitative estimate of drug-likeness (QED) is 0.443. The third kappa shape index (κ3) is 3.26. The van der Waals surface area contributed by atoms with Crippen LogP contribution in [0.1, 0.15) is 26.5 Å². The van der Waals surface area contributed by atoms with Gasteiger partial charge in [0.05, 0.1) is 32.4 Å². The average molecular weight is 429 g/mol. The van der Waals surface area contributed by atoms with Crippen molar-refractivity contribution in [3.8, 4) is 11.3 Å². The summed E-state index contributed by atoms with van der Waals surface area (Å²) in [5.41, 5.74) is 0.657. The third-order valence-electron chi connectivity index (χ3n) is 4.41. The number of halogens is 3. The second-order valence-corrected chi connectivity index (χ2v) is 6.98. The summed E-state index contributed by atoms with van der Waals surface area (Å²) >= 11 is 12.3. The molecule has 0 saturated heterocycles. The summed E-state index contributed by atoms with van der Waals surface area (Å²) in [6, 6.07) is 13.3. The first-order chi connectivity index (χ1) is 13.9. The molecule has 0 atom stereocenters. The number of aromatic nitrogens is 2. The van der Waals surface area contributed by atoms with Gasteiger partial charge >= 0.3 is 5.97 Å². The Bertz CT molecular complexity index is 1280. The largest absolute Gasteiger partial charge is 0.478 e. The van der Waals surface area contributed by atoms with Crippen LogP contribution in [-0.4, -0.2) is 26.2 Å². The van der Waals surface area contributed by atoms with E-state index in [0.29, 0.717) is 5.52 Å². The molecule has 0 fully saturated rings. The van der Waals surface area contributed by atoms with Crippen molar-refractivity contribution in [1.29, 1.82) is 0 Å². The molecule has 2 heterocycles. The molecule has 0 radical (unpaired) electrons. The van der Waals surface area contributed by atoms with Crippen molar-refractivity contribution < 1.29 is 19.1 Å². The highest BCUT2D eigenvalue weighted by Gasteiger charge is 2.24. The lowest BCUT2D eigenvalue weighted by Crippen LogP contribution is -2.08. The molecule has 4 aromatic rings. The number of benzene rings is 2. The molecule has 0 saturated carbocycles. The number of fused-ring (bicyclic) bond motifs is 1. The molecule has 0 amide bonds. The maximum absolute atomic E-state index is 14.6. The number of carboxylic acids is 1. The highest BCUT2D eigenvalue weighted by atomic mass is 35.5. The Kier molecular flexibility index (Phi) is 4.82. The topological polar surface area (TPSA) is 71.7 Å². The molecule has 0 bridgehead atoms. The maximum Gasteiger partial charge on any atom is 0.335 e. The van der Waals surface area contributed by atoms with Crippen LogP contribution in [0, 0.1) is 5.82 Å². The van der Waals surface area contributed by atoms with Gasteiger partial charge in [0.25, 0.3) is 0 Å². The molecule has 29 heavy (non-hydrogen) atoms. The standard InChI is InChI=1S/C21H11Cl2FN2O3/c22-13-4-3-5-14(23)17(13)19(27)20-25-18(16-6-1-2-9-26(16)20)12-8-7-11(21(28)29)10-15(12)24/h1-10H,(H,28,29). The lowest BCUT2D eigenvalue weighted by atomic mass is 10.1. The molecule has 4 rings (SSSR count). The summed E-state index contributed by atoms with van der Waals surface area (Å²) in [6.07, 6.45) is 1.62. The number of nitrogens with zero attached hydrogens (tertiary/aromatic N) is 2. The van der Waals surface area contributed by atoms with Crippen LogP contribution in [-0.2, 0) is 0 Å². The van der Waals surface area contributed by atoms with Crippen molar-refractivity contribution in [2.24, 2.45) is 0 Å². The van der Waals surface area contributed by atoms with E-state index >= 15 is 0 Å². The lowest BCUT2D eigenvalue weighted by Gasteiger charge is -2.05. The van der Waals surface area contributed by atoms with Crippen molar-refractivity contribution in [3.05, 3.63) is 93.6 Å². The van der Waals surface area contributed by atoms with E-state index in [1.54, 1.807) is 42.6 Å². The molecule has 0 aliphatic heterocycles. The van der Waals surface area contributed by atoms with E-state index in [2.05, 4.69) is 4.98 Å². The SMILES string of the molecule is O=C(O)c1ccc(-c2nc(C(=O)c3c(Cl)cccc3Cl)n3ccccc23)c(F)c1. The summed E-state index contributed by atoms with van der Waals surface area (Å²) in [6.45, 7) is 0. The Balaban J connectivity index is 1.94. The predicted octanol–water partition coefficient (Wildman–Crippen LogP) is 5.38. The van der Waals surface area contributed by atoms with Gasteiger partial charge in [0.2, 0.25) is 5.78 Å². The van der Waals surface area contributed by atoms with Crippen LogP contribution < -0.4 is 0 Å². The molecular formula is C21H11Cl2FN2O3. The Hall–Kier alpha value is -3.22. The van der Waals surface area contributed by atoms with Crippen LogP contribution in [0.2, 0.25) is 10.0 Å². The zero-order chi connectivity index (χ0) is 20.7. The van der Waals surface area contributed by atoms with Crippen molar-refractivity contribution in [2.45, 2.75) is 0 Å². The van der Waals surface area contributed by atoms with Crippen LogP contribution in [0.25, 0.3) is 16.8 Å². The molecular weight excluding hydrogens is 418 g/mol. The zero-order valence-electron chi connectivity index (χ0n) is 14.6. The lowest BCUT2D eigenvalue weighted by molar-refractivity contribution is 0.0696. The first kappa shape index (κ1) is 19.1. The Morgan fingerprint density at radius 3 is 2.38 bits per heavy atom. The maximum atomic E-state index is 14.6. The highest BCUT2D eigenvalue weighted by Crippen LogP contribution is 2.31. The van der Waals surface area contributed by atoms with E-state index in [1.807, 2.05) is 0 Å². The average Bonchev–Trinajstić information content (AvgIpc) is 3.07. The van der Waals surface area contributed by atoms with Gasteiger partial charge in [0.15, 0.2) is 5.82 Å². The molecule has 0 unspecified atom stereocenters. The van der Waals surface area contributed by atoms with Gasteiger partial charge in [-0.15, -0.1) is 0 Å². The van der Waals surface area contributed by atoms with Gasteiger partial charge in [-0.1, -0.05) is 35.3 Å². The molecule has 2 aromatic heterocycles. The minimum Gasteiger partial charge on any atom is -0.478 e. The molecule has 2 aromatic carbocycles. The molecule has 144 valence electrons. The smallest absolute Gasteiger partial charge is 0.335 e. The van der Waals surface area contributed by atoms with E-state index in [9.17, 15) is 14.0 Å². The van der Waals surface area contributed by atoms with Gasteiger partial charge < -0.3 is 5.11 Å². The summed E-state index contributed by atoms with van der Waals surface area (Å²) in [4.78, 5) is 28.6. The van der Waals surface area contributed by atoms with E-state index in [4.69, 9.17) is 28.3 Å². The van der Waals surface area contributed by atoms with Gasteiger partial charge in [-0.25, -0.2) is 14.2 Å². The van der Waals surface area contributed by atoms with Crippen LogP contribution in [0.4, 0.5) is 4.39 Å². The van der Waals surface area contributed by atoms with Crippen molar-refractivity contribution in [3.63, 3.8) is 0 Å². The van der Waals surface area contributed by atoms with Gasteiger partial charge in [0, 0.05) is 11.8 Å². The monoisotopic (exact) mass is 428 g/mol. The van der Waals surface area contributed by atoms with Crippen LogP contribution >= 0.6 is 23.2 Å². The first-order valence-electron chi connectivity index (χ1n) is 8.37. The van der Waals surface area contributed by atoms with E-state index in [-0.39, 0.29) is 38.3 Å². The van der Waals surface area contributed by atoms with E-state index < -0.39 is 17.6 Å². The molecule has 0 aliphatic carbocycles. The van der Waals surface area contributed by atoms with Crippen LogP contribution in [0.3, 0.4) is 0 Å². The number of pyridine rings is 1. The van der Waals surface area contributed by atoms with Gasteiger partial charge in [-0.05, 0) is 42.5 Å². The summed E-state index contributed by atoms with van der Waals surface area (Å²) < 4.78 is 16.2. The van der Waals surface area contributed by atoms with Crippen LogP contribution in [0.15, 0.2) is 60.8 Å². The van der Waals surface area contributed by atoms with Crippen molar-refractivity contribution in [1.82, 2.24) is 9.38 Å². The number of aromatic carboxylic acids is 1. The van der Waals surface area contributed by atoms with Gasteiger partial charge in [-0.2, -0.15) is 0 Å². The Morgan fingerprint density at radius 2 is 1.72 bits per heavy atom. The minimum atomic E-state index is -1.24. The Morgan fingerprint density at radius 1 is 1.00 bits per heavy atom. The zero-order valence-corrected chi connectivity index (χ0v) is 16.1. The molecule has 1 N–H and O–H groups in total. The molecule has 5 nitrogen and oxygen atoms in total. The summed E-state index contributed by atoms with van der Waals surface area (Å²) in [5.74, 6) is -2.51. The van der Waals surface area contributed by atoms with E-state index in [0.717, 1.165) is 6.07 Å². The number of carboxylic acid groups (broad SMARTS) is 1. The number of rotatable bonds is 4. The second-order valence-electron chi connectivity index (χ2n) is 6.17. The van der Waals surface area contributed by atoms with Gasteiger partial charge in [-0.3, -0.25) is 9.20 Å². The molecule has 0 aliphatic rings. The second kappa shape index (κ2) is 7.31. The number of hydrogen-bond acceptors (Lipinski definition) is 3. The number of carbonyl (C=O) groups excluding carboxylic acids is 1. The molecule has 8 heteroatoms. The predicted molar refractivity (Wildman–Crippen MR) is 107 cm³/mol. The number of carbonyl (C=O) groups is 2. The van der Waals surface area contributed by atoms with Gasteiger partial charge in [0.1, 0.15) is 5.82 Å². The number of imidazole rings is 1. The van der Waals surface area contributed by atoms with E-state index in [1.165, 1.54) is 16.5 Å². The Labute approximate surface area is 174 Å². The fourth-order valence-electron chi connectivity index (χ4n) is 3.06. The number of ketones is 1. The van der Waals surface area contributed by atoms with Crippen LogP contribution in [0.5, 0.6) is 0 Å². The fourth-order valence-corrected chi connectivity index (χ4v) is 3.63.